The molecule has 0 N–H and O–H groups in total. The molecule has 17 heavy (non-hydrogen) atoms. The molecule has 0 radical (unpaired) electrons. The van der Waals surface area contributed by atoms with Crippen LogP contribution in [0.1, 0.15) is 25.3 Å². The van der Waals surface area contributed by atoms with Crippen molar-refractivity contribution in [1.82, 2.24) is 9.97 Å². The molecule has 0 aromatic carbocycles. The highest BCUT2D eigenvalue weighted by Crippen LogP contribution is 2.23. The van der Waals surface area contributed by atoms with E-state index in [0.29, 0.717) is 11.6 Å². The van der Waals surface area contributed by atoms with Crippen LogP contribution in [0.25, 0.3) is 11.3 Å². The summed E-state index contributed by atoms with van der Waals surface area (Å²) in [4.78, 5) is 7.23. The van der Waals surface area contributed by atoms with Crippen molar-refractivity contribution in [2.75, 3.05) is 0 Å². The van der Waals surface area contributed by atoms with E-state index in [1.165, 1.54) is 6.07 Å². The average molecular weight is 234 g/mol. The van der Waals surface area contributed by atoms with Crippen LogP contribution in [0.4, 0.5) is 8.78 Å². The molecule has 2 heterocycles. The van der Waals surface area contributed by atoms with E-state index >= 15 is 0 Å². The first-order chi connectivity index (χ1) is 8.08. The van der Waals surface area contributed by atoms with Crippen LogP contribution in [0.15, 0.2) is 30.5 Å². The van der Waals surface area contributed by atoms with Crippen molar-refractivity contribution in [3.63, 3.8) is 0 Å². The van der Waals surface area contributed by atoms with Gasteiger partial charge in [-0.05, 0) is 35.7 Å². The molecular formula is C13H12F2N2. The maximum atomic E-state index is 13.5. The van der Waals surface area contributed by atoms with E-state index in [2.05, 4.69) is 9.97 Å². The third kappa shape index (κ3) is 2.46. The summed E-state index contributed by atoms with van der Waals surface area (Å²) < 4.78 is 26.2. The van der Waals surface area contributed by atoms with Crippen molar-refractivity contribution in [2.45, 2.75) is 19.8 Å². The number of hydrogen-bond donors (Lipinski definition) is 0. The van der Waals surface area contributed by atoms with Crippen molar-refractivity contribution in [2.24, 2.45) is 0 Å². The molecule has 0 saturated heterocycles. The van der Waals surface area contributed by atoms with Gasteiger partial charge in [0.2, 0.25) is 11.9 Å². The molecule has 0 fully saturated rings. The normalized spacial score (nSPS) is 10.9. The highest BCUT2D eigenvalue weighted by molar-refractivity contribution is 5.59. The van der Waals surface area contributed by atoms with E-state index in [0.717, 1.165) is 11.6 Å². The lowest BCUT2D eigenvalue weighted by Gasteiger charge is -2.07. The standard InChI is InChI=1S/C13H12F2N2/c1-8(2)9-5-6-16-11(7-9)10-3-4-12(14)17-13(10)15/h3-8H,1-2H3. The smallest absolute Gasteiger partial charge is 0.224 e. The van der Waals surface area contributed by atoms with Gasteiger partial charge in [0.1, 0.15) is 0 Å². The van der Waals surface area contributed by atoms with Gasteiger partial charge in [-0.2, -0.15) is 13.8 Å². The number of rotatable bonds is 2. The van der Waals surface area contributed by atoms with Crippen molar-refractivity contribution in [3.8, 4) is 11.3 Å². The maximum Gasteiger partial charge on any atom is 0.224 e. The van der Waals surface area contributed by atoms with Crippen LogP contribution in [-0.2, 0) is 0 Å². The first kappa shape index (κ1) is 11.6. The summed E-state index contributed by atoms with van der Waals surface area (Å²) in [5.74, 6) is -1.34. The Labute approximate surface area is 98.4 Å². The minimum absolute atomic E-state index is 0.217. The van der Waals surface area contributed by atoms with E-state index in [1.807, 2.05) is 19.9 Å². The minimum atomic E-state index is -0.835. The molecule has 0 aliphatic carbocycles. The third-order valence-corrected chi connectivity index (χ3v) is 2.54. The molecule has 0 unspecified atom stereocenters. The Hall–Kier alpha value is -1.84. The molecular weight excluding hydrogens is 222 g/mol. The number of nitrogens with zero attached hydrogens (tertiary/aromatic N) is 2. The first-order valence-corrected chi connectivity index (χ1v) is 5.36. The molecule has 0 aliphatic rings. The zero-order chi connectivity index (χ0) is 12.4. The average Bonchev–Trinajstić information content (AvgIpc) is 2.29. The fraction of sp³-hybridized carbons (Fsp3) is 0.231. The first-order valence-electron chi connectivity index (χ1n) is 5.36. The van der Waals surface area contributed by atoms with Gasteiger partial charge in [-0.1, -0.05) is 13.8 Å². The van der Waals surface area contributed by atoms with E-state index in [9.17, 15) is 8.78 Å². The van der Waals surface area contributed by atoms with Crippen LogP contribution in [0.5, 0.6) is 0 Å². The van der Waals surface area contributed by atoms with Gasteiger partial charge in [0.25, 0.3) is 0 Å². The number of aromatic nitrogens is 2. The minimum Gasteiger partial charge on any atom is -0.256 e. The van der Waals surface area contributed by atoms with E-state index in [1.54, 1.807) is 12.3 Å². The quantitative estimate of drug-likeness (QED) is 0.743. The molecule has 2 aromatic rings. The van der Waals surface area contributed by atoms with Gasteiger partial charge >= 0.3 is 0 Å². The lowest BCUT2D eigenvalue weighted by Crippen LogP contribution is -1.96. The Morgan fingerprint density at radius 1 is 1.12 bits per heavy atom. The van der Waals surface area contributed by atoms with Crippen LogP contribution in [-0.4, -0.2) is 9.97 Å². The monoisotopic (exact) mass is 234 g/mol. The van der Waals surface area contributed by atoms with Gasteiger partial charge in [0.15, 0.2) is 0 Å². The van der Waals surface area contributed by atoms with E-state index < -0.39 is 11.9 Å². The fourth-order valence-corrected chi connectivity index (χ4v) is 1.56. The van der Waals surface area contributed by atoms with Gasteiger partial charge < -0.3 is 0 Å². The molecule has 0 atom stereocenters. The van der Waals surface area contributed by atoms with E-state index in [4.69, 9.17) is 0 Å². The largest absolute Gasteiger partial charge is 0.256 e. The highest BCUT2D eigenvalue weighted by atomic mass is 19.1. The van der Waals surface area contributed by atoms with E-state index in [-0.39, 0.29) is 5.56 Å². The number of halogens is 2. The molecule has 0 saturated carbocycles. The molecule has 0 spiro atoms. The van der Waals surface area contributed by atoms with Crippen molar-refractivity contribution < 1.29 is 8.78 Å². The zero-order valence-electron chi connectivity index (χ0n) is 9.61. The second-order valence-electron chi connectivity index (χ2n) is 4.10. The SMILES string of the molecule is CC(C)c1ccnc(-c2ccc(F)nc2F)c1. The summed E-state index contributed by atoms with van der Waals surface area (Å²) in [5, 5.41) is 0. The van der Waals surface area contributed by atoms with Crippen LogP contribution >= 0.6 is 0 Å². The van der Waals surface area contributed by atoms with Crippen LogP contribution < -0.4 is 0 Å². The Balaban J connectivity index is 2.49. The van der Waals surface area contributed by atoms with Crippen LogP contribution in [0, 0.1) is 11.9 Å². The van der Waals surface area contributed by atoms with Crippen molar-refractivity contribution >= 4 is 0 Å². The highest BCUT2D eigenvalue weighted by Gasteiger charge is 2.10. The second-order valence-corrected chi connectivity index (χ2v) is 4.10. The number of pyridine rings is 2. The van der Waals surface area contributed by atoms with Gasteiger partial charge in [-0.3, -0.25) is 4.98 Å². The molecule has 2 rings (SSSR count). The van der Waals surface area contributed by atoms with Gasteiger partial charge in [-0.15, -0.1) is 0 Å². The zero-order valence-corrected chi connectivity index (χ0v) is 9.61. The second kappa shape index (κ2) is 4.57. The van der Waals surface area contributed by atoms with Crippen LogP contribution in [0.3, 0.4) is 0 Å². The maximum absolute atomic E-state index is 13.5. The number of hydrogen-bond acceptors (Lipinski definition) is 2. The Morgan fingerprint density at radius 2 is 1.88 bits per heavy atom. The topological polar surface area (TPSA) is 25.8 Å². The van der Waals surface area contributed by atoms with Gasteiger partial charge in [0.05, 0.1) is 11.3 Å². The molecule has 0 aliphatic heterocycles. The lowest BCUT2D eigenvalue weighted by atomic mass is 10.0. The summed E-state index contributed by atoms with van der Waals surface area (Å²) in [6.45, 7) is 4.08. The Bertz CT molecular complexity index is 539. The molecule has 0 bridgehead atoms. The molecule has 0 amide bonds. The molecule has 2 aromatic heterocycles. The molecule has 88 valence electrons. The summed E-state index contributed by atoms with van der Waals surface area (Å²) in [5.41, 5.74) is 1.74. The van der Waals surface area contributed by atoms with Crippen molar-refractivity contribution in [1.29, 1.82) is 0 Å². The predicted molar refractivity (Wildman–Crippen MR) is 61.5 cm³/mol. The summed E-state index contributed by atoms with van der Waals surface area (Å²) in [6.07, 6.45) is 1.62. The van der Waals surface area contributed by atoms with Gasteiger partial charge in [-0.25, -0.2) is 0 Å². The fourth-order valence-electron chi connectivity index (χ4n) is 1.56. The Morgan fingerprint density at radius 3 is 2.53 bits per heavy atom. The van der Waals surface area contributed by atoms with Crippen molar-refractivity contribution in [3.05, 3.63) is 47.9 Å². The summed E-state index contributed by atoms with van der Waals surface area (Å²) in [6, 6.07) is 6.15. The Kier molecular flexibility index (Phi) is 3.13. The van der Waals surface area contributed by atoms with Crippen LogP contribution in [0.2, 0.25) is 0 Å². The molecule has 2 nitrogen and oxygen atoms in total. The summed E-state index contributed by atoms with van der Waals surface area (Å²) >= 11 is 0. The predicted octanol–water partition coefficient (Wildman–Crippen LogP) is 3.55. The summed E-state index contributed by atoms with van der Waals surface area (Å²) in [7, 11) is 0. The lowest BCUT2D eigenvalue weighted by molar-refractivity contribution is 0.515. The molecule has 4 heteroatoms. The van der Waals surface area contributed by atoms with Gasteiger partial charge in [0, 0.05) is 6.20 Å². The third-order valence-electron chi connectivity index (χ3n) is 2.54.